The van der Waals surface area contributed by atoms with Crippen molar-refractivity contribution < 1.29 is 14.1 Å². The molecule has 1 aromatic heterocycles. The maximum absolute atomic E-state index is 12.9. The van der Waals surface area contributed by atoms with Gasteiger partial charge in [-0.2, -0.15) is 4.98 Å². The Balaban J connectivity index is 1.05. The number of amides is 1. The monoisotopic (exact) mass is 489 g/mol. The molecule has 3 heterocycles. The highest BCUT2D eigenvalue weighted by Crippen LogP contribution is 2.26. The maximum Gasteiger partial charge on any atom is 0.324 e. The minimum Gasteiger partial charge on any atom is -0.497 e. The number of nitrogens with one attached hydrogen (secondary N) is 1. The van der Waals surface area contributed by atoms with E-state index in [2.05, 4.69) is 56.4 Å². The SMILES string of the molecule is COc1ccc(-c2noc(N3CCC(C(=O)NCC4CCN(Cc5ccccc5C)C4)CC3)n2)cc1. The van der Waals surface area contributed by atoms with Crippen LogP contribution in [0, 0.1) is 18.8 Å². The number of likely N-dealkylation sites (tertiary alicyclic amines) is 1. The van der Waals surface area contributed by atoms with Crippen molar-refractivity contribution in [3.8, 4) is 17.1 Å². The summed E-state index contributed by atoms with van der Waals surface area (Å²) in [5.41, 5.74) is 3.62. The number of rotatable bonds is 8. The number of hydrogen-bond acceptors (Lipinski definition) is 7. The molecule has 2 aromatic carbocycles. The predicted octanol–water partition coefficient (Wildman–Crippen LogP) is 3.91. The van der Waals surface area contributed by atoms with Crippen molar-refractivity contribution in [1.82, 2.24) is 20.4 Å². The number of aryl methyl sites for hydroxylation is 1. The van der Waals surface area contributed by atoms with Crippen LogP contribution in [0.15, 0.2) is 53.1 Å². The molecule has 0 radical (unpaired) electrons. The molecule has 0 aliphatic carbocycles. The van der Waals surface area contributed by atoms with E-state index in [-0.39, 0.29) is 11.8 Å². The number of benzene rings is 2. The van der Waals surface area contributed by atoms with Crippen molar-refractivity contribution in [1.29, 1.82) is 0 Å². The Morgan fingerprint density at radius 3 is 2.61 bits per heavy atom. The van der Waals surface area contributed by atoms with E-state index in [1.807, 2.05) is 24.3 Å². The molecule has 2 aliphatic rings. The molecule has 2 aliphatic heterocycles. The summed E-state index contributed by atoms with van der Waals surface area (Å²) in [6.45, 7) is 7.53. The van der Waals surface area contributed by atoms with E-state index in [9.17, 15) is 4.79 Å². The highest BCUT2D eigenvalue weighted by atomic mass is 16.5. The second-order valence-electron chi connectivity index (χ2n) is 9.95. The van der Waals surface area contributed by atoms with Crippen LogP contribution in [0.25, 0.3) is 11.4 Å². The minimum absolute atomic E-state index is 0.0368. The number of anilines is 1. The Morgan fingerprint density at radius 1 is 1.08 bits per heavy atom. The quantitative estimate of drug-likeness (QED) is 0.514. The van der Waals surface area contributed by atoms with Crippen LogP contribution in [0.2, 0.25) is 0 Å². The summed E-state index contributed by atoms with van der Waals surface area (Å²) < 4.78 is 10.7. The van der Waals surface area contributed by atoms with E-state index < -0.39 is 0 Å². The van der Waals surface area contributed by atoms with Gasteiger partial charge in [0.1, 0.15) is 5.75 Å². The van der Waals surface area contributed by atoms with Crippen molar-refractivity contribution in [2.45, 2.75) is 32.7 Å². The normalized spacial score (nSPS) is 18.9. The Hall–Kier alpha value is -3.39. The van der Waals surface area contributed by atoms with E-state index >= 15 is 0 Å². The molecule has 3 aromatic rings. The summed E-state index contributed by atoms with van der Waals surface area (Å²) in [7, 11) is 1.64. The smallest absolute Gasteiger partial charge is 0.324 e. The van der Waals surface area contributed by atoms with Crippen LogP contribution < -0.4 is 15.0 Å². The first-order valence-electron chi connectivity index (χ1n) is 12.9. The fourth-order valence-corrected chi connectivity index (χ4v) is 5.17. The highest BCUT2D eigenvalue weighted by Gasteiger charge is 2.29. The number of aromatic nitrogens is 2. The van der Waals surface area contributed by atoms with Crippen LogP contribution in [0.4, 0.5) is 6.01 Å². The molecular weight excluding hydrogens is 454 g/mol. The lowest BCUT2D eigenvalue weighted by atomic mass is 9.96. The van der Waals surface area contributed by atoms with Gasteiger partial charge in [-0.3, -0.25) is 9.69 Å². The Kier molecular flexibility index (Phi) is 7.51. The summed E-state index contributed by atoms with van der Waals surface area (Å²) in [5.74, 6) is 2.08. The first kappa shape index (κ1) is 24.3. The van der Waals surface area contributed by atoms with Crippen molar-refractivity contribution in [3.05, 3.63) is 59.7 Å². The van der Waals surface area contributed by atoms with Gasteiger partial charge in [-0.1, -0.05) is 29.4 Å². The van der Waals surface area contributed by atoms with Gasteiger partial charge in [-0.05, 0) is 74.0 Å². The van der Waals surface area contributed by atoms with Crippen molar-refractivity contribution in [2.75, 3.05) is 44.7 Å². The number of hydrogen-bond donors (Lipinski definition) is 1. The van der Waals surface area contributed by atoms with Gasteiger partial charge in [-0.15, -0.1) is 0 Å². The fraction of sp³-hybridized carbons (Fsp3) is 0.464. The fourth-order valence-electron chi connectivity index (χ4n) is 5.17. The summed E-state index contributed by atoms with van der Waals surface area (Å²) in [6.07, 6.45) is 2.71. The third-order valence-corrected chi connectivity index (χ3v) is 7.49. The van der Waals surface area contributed by atoms with Crippen LogP contribution in [0.5, 0.6) is 5.75 Å². The molecule has 0 bridgehead atoms. The zero-order valence-corrected chi connectivity index (χ0v) is 21.2. The standard InChI is InChI=1S/C28H35N5O3/c1-20-5-3-4-6-24(20)19-32-14-11-21(18-32)17-29-27(34)23-12-15-33(16-13-23)28-30-26(31-36-28)22-7-9-25(35-2)10-8-22/h3-10,21,23H,11-19H2,1-2H3,(H,29,34). The van der Waals surface area contributed by atoms with Gasteiger partial charge in [0.05, 0.1) is 7.11 Å². The molecular formula is C28H35N5O3. The van der Waals surface area contributed by atoms with E-state index in [1.54, 1.807) is 7.11 Å². The Labute approximate surface area is 212 Å². The van der Waals surface area contributed by atoms with Crippen LogP contribution in [0.1, 0.15) is 30.4 Å². The first-order valence-corrected chi connectivity index (χ1v) is 12.9. The molecule has 0 spiro atoms. The molecule has 1 unspecified atom stereocenters. The zero-order chi connectivity index (χ0) is 24.9. The molecule has 36 heavy (non-hydrogen) atoms. The van der Waals surface area contributed by atoms with Crippen LogP contribution >= 0.6 is 0 Å². The maximum atomic E-state index is 12.9. The van der Waals surface area contributed by atoms with Gasteiger partial charge in [-0.25, -0.2) is 0 Å². The van der Waals surface area contributed by atoms with Crippen LogP contribution in [-0.4, -0.2) is 60.8 Å². The lowest BCUT2D eigenvalue weighted by Crippen LogP contribution is -2.42. The Bertz CT molecular complexity index is 1150. The summed E-state index contributed by atoms with van der Waals surface area (Å²) in [6, 6.07) is 16.7. The number of carbonyl (C=O) groups excluding carboxylic acids is 1. The topological polar surface area (TPSA) is 83.7 Å². The van der Waals surface area contributed by atoms with E-state index in [0.717, 1.165) is 69.8 Å². The second kappa shape index (κ2) is 11.1. The first-order chi connectivity index (χ1) is 17.6. The number of nitrogens with zero attached hydrogens (tertiary/aromatic N) is 4. The van der Waals surface area contributed by atoms with Gasteiger partial charge in [0.2, 0.25) is 11.7 Å². The van der Waals surface area contributed by atoms with Crippen molar-refractivity contribution in [3.63, 3.8) is 0 Å². The minimum atomic E-state index is 0.0368. The highest BCUT2D eigenvalue weighted by molar-refractivity contribution is 5.79. The molecule has 8 heteroatoms. The van der Waals surface area contributed by atoms with Gasteiger partial charge in [0, 0.05) is 44.2 Å². The lowest BCUT2D eigenvalue weighted by molar-refractivity contribution is -0.125. The molecule has 8 nitrogen and oxygen atoms in total. The summed E-state index contributed by atoms with van der Waals surface area (Å²) >= 11 is 0. The van der Waals surface area contributed by atoms with E-state index in [0.29, 0.717) is 17.8 Å². The Morgan fingerprint density at radius 2 is 1.86 bits per heavy atom. The largest absolute Gasteiger partial charge is 0.497 e. The number of ether oxygens (including phenoxy) is 1. The number of methoxy groups -OCH3 is 1. The van der Waals surface area contributed by atoms with Gasteiger partial charge in [0.15, 0.2) is 0 Å². The van der Waals surface area contributed by atoms with E-state index in [1.165, 1.54) is 11.1 Å². The summed E-state index contributed by atoms with van der Waals surface area (Å²) in [4.78, 5) is 22.0. The molecule has 2 fully saturated rings. The molecule has 5 rings (SSSR count). The third-order valence-electron chi connectivity index (χ3n) is 7.49. The lowest BCUT2D eigenvalue weighted by Gasteiger charge is -2.30. The average molecular weight is 490 g/mol. The average Bonchev–Trinajstić information content (AvgIpc) is 3.59. The third kappa shape index (κ3) is 5.70. The van der Waals surface area contributed by atoms with Gasteiger partial charge in [0.25, 0.3) is 0 Å². The van der Waals surface area contributed by atoms with Gasteiger partial charge >= 0.3 is 6.01 Å². The predicted molar refractivity (Wildman–Crippen MR) is 139 cm³/mol. The van der Waals surface area contributed by atoms with Crippen molar-refractivity contribution in [2.24, 2.45) is 11.8 Å². The molecule has 190 valence electrons. The van der Waals surface area contributed by atoms with Crippen LogP contribution in [0.3, 0.4) is 0 Å². The van der Waals surface area contributed by atoms with Crippen molar-refractivity contribution >= 4 is 11.9 Å². The molecule has 1 atom stereocenters. The van der Waals surface area contributed by atoms with Crippen LogP contribution in [-0.2, 0) is 11.3 Å². The molecule has 2 saturated heterocycles. The second-order valence-corrected chi connectivity index (χ2v) is 9.95. The van der Waals surface area contributed by atoms with Gasteiger partial charge < -0.3 is 19.5 Å². The molecule has 0 saturated carbocycles. The molecule has 1 amide bonds. The number of carbonyl (C=O) groups is 1. The van der Waals surface area contributed by atoms with E-state index in [4.69, 9.17) is 9.26 Å². The summed E-state index contributed by atoms with van der Waals surface area (Å²) in [5, 5.41) is 7.36. The zero-order valence-electron chi connectivity index (χ0n) is 21.2. The number of piperidine rings is 1. The molecule has 1 N–H and O–H groups in total.